The minimum atomic E-state index is -0.933. The molecule has 220 valence electrons. The van der Waals surface area contributed by atoms with Crippen molar-refractivity contribution in [3.8, 4) is 0 Å². The molecule has 3 amide bonds. The molecule has 0 radical (unpaired) electrons. The zero-order valence-electron chi connectivity index (χ0n) is 24.4. The third-order valence-corrected chi connectivity index (χ3v) is 11.2. The summed E-state index contributed by atoms with van der Waals surface area (Å²) in [6, 6.07) is 18.2. The number of nitrogens with zero attached hydrogens (tertiary/aromatic N) is 3. The zero-order chi connectivity index (χ0) is 29.6. The Morgan fingerprint density at radius 3 is 2.14 bits per heavy atom. The van der Waals surface area contributed by atoms with E-state index in [1.54, 1.807) is 16.7 Å². The van der Waals surface area contributed by atoms with Gasteiger partial charge in [0.1, 0.15) is 6.04 Å². The quantitative estimate of drug-likeness (QED) is 0.502. The lowest BCUT2D eigenvalue weighted by molar-refractivity contribution is -0.147. The van der Waals surface area contributed by atoms with Crippen LogP contribution in [0.15, 0.2) is 85.0 Å². The van der Waals surface area contributed by atoms with E-state index in [9.17, 15) is 19.5 Å². The fourth-order valence-electron chi connectivity index (χ4n) is 7.47. The van der Waals surface area contributed by atoms with Gasteiger partial charge in [-0.2, -0.15) is 0 Å². The lowest BCUT2D eigenvalue weighted by atomic mass is 9.74. The molecule has 2 saturated heterocycles. The molecule has 42 heavy (non-hydrogen) atoms. The summed E-state index contributed by atoms with van der Waals surface area (Å²) in [5, 5.41) is 10.7. The Morgan fingerprint density at radius 2 is 1.50 bits per heavy atom. The number of hydrogen-bond acceptors (Lipinski definition) is 5. The number of fused-ring (bicyclic) bond motifs is 2. The topological polar surface area (TPSA) is 81.2 Å². The minimum absolute atomic E-state index is 0.0645. The van der Waals surface area contributed by atoms with Gasteiger partial charge in [-0.25, -0.2) is 0 Å². The van der Waals surface area contributed by atoms with Gasteiger partial charge < -0.3 is 19.8 Å². The van der Waals surface area contributed by atoms with Crippen LogP contribution in [0.25, 0.3) is 0 Å². The van der Waals surface area contributed by atoms with Crippen LogP contribution >= 0.6 is 11.8 Å². The second-order valence-electron chi connectivity index (χ2n) is 12.4. The monoisotopic (exact) mass is 585 g/mol. The van der Waals surface area contributed by atoms with Gasteiger partial charge in [0.2, 0.25) is 17.7 Å². The van der Waals surface area contributed by atoms with Gasteiger partial charge in [0.05, 0.1) is 29.2 Å². The summed E-state index contributed by atoms with van der Waals surface area (Å²) in [6.45, 7) is 7.09. The molecule has 4 aliphatic heterocycles. The fraction of sp³-hybridized carbons (Fsp3) is 0.441. The molecule has 8 heteroatoms. The highest BCUT2D eigenvalue weighted by Gasteiger charge is 2.74. The summed E-state index contributed by atoms with van der Waals surface area (Å²) in [5.74, 6) is -1.79. The maximum Gasteiger partial charge on any atom is 0.247 e. The highest BCUT2D eigenvalue weighted by atomic mass is 32.2. The number of rotatable bonds is 7. The zero-order valence-corrected chi connectivity index (χ0v) is 25.2. The lowest BCUT2D eigenvalue weighted by Crippen LogP contribution is -2.58. The van der Waals surface area contributed by atoms with Gasteiger partial charge in [0.25, 0.3) is 0 Å². The molecule has 6 atom stereocenters. The predicted octanol–water partition coefficient (Wildman–Crippen LogP) is 3.68. The van der Waals surface area contributed by atoms with E-state index < -0.39 is 33.4 Å². The second-order valence-corrected chi connectivity index (χ2v) is 14.2. The first-order valence-corrected chi connectivity index (χ1v) is 15.7. The van der Waals surface area contributed by atoms with Gasteiger partial charge in [0.15, 0.2) is 0 Å². The van der Waals surface area contributed by atoms with Gasteiger partial charge in [-0.15, -0.1) is 11.8 Å². The van der Waals surface area contributed by atoms with Crippen molar-refractivity contribution >= 4 is 29.5 Å². The molecule has 1 spiro atoms. The molecule has 1 N–H and O–H groups in total. The Kier molecular flexibility index (Phi) is 7.56. The molecule has 0 aromatic heterocycles. The molecule has 4 aliphatic rings. The molecule has 2 aromatic rings. The van der Waals surface area contributed by atoms with Crippen LogP contribution in [0.1, 0.15) is 31.9 Å². The van der Waals surface area contributed by atoms with Crippen LogP contribution in [-0.2, 0) is 27.3 Å². The van der Waals surface area contributed by atoms with Gasteiger partial charge in [0, 0.05) is 30.4 Å². The molecule has 1 unspecified atom stereocenters. The number of thioether (sulfide) groups is 1. The minimum Gasteiger partial charge on any atom is -0.394 e. The van der Waals surface area contributed by atoms with Gasteiger partial charge in [-0.05, 0) is 38.3 Å². The molecular formula is C34H39N3O4S. The van der Waals surface area contributed by atoms with Crippen molar-refractivity contribution in [1.29, 1.82) is 0 Å². The van der Waals surface area contributed by atoms with Crippen LogP contribution in [0.2, 0.25) is 0 Å². The van der Waals surface area contributed by atoms with Crippen molar-refractivity contribution in [3.63, 3.8) is 0 Å². The van der Waals surface area contributed by atoms with Gasteiger partial charge in [-0.1, -0.05) is 85.0 Å². The number of aliphatic hydroxyl groups excluding tert-OH is 1. The van der Waals surface area contributed by atoms with E-state index in [4.69, 9.17) is 0 Å². The Labute approximate surface area is 252 Å². The standard InChI is InChI=1S/C34H39N3O4S/c1-23(2)36-19-11-17-34-28(31(40)37(29(34)32(36)41)26(22-38)20-24-12-6-4-7-13-24)27-30(39)35(18-10-16-33(27,3)42-34)21-25-14-8-5-9-15-25/h4-17,23,26-29,38H,18-22H2,1-3H3/t26-,27+,28+,29?,33-,34+/m1/s1. The number of benzene rings is 2. The maximum absolute atomic E-state index is 14.8. The first-order chi connectivity index (χ1) is 20.2. The number of likely N-dealkylation sites (tertiary alicyclic amines) is 1. The van der Waals surface area contributed by atoms with Crippen LogP contribution in [0.5, 0.6) is 0 Å². The lowest BCUT2D eigenvalue weighted by Gasteiger charge is -2.40. The molecule has 2 fully saturated rings. The van der Waals surface area contributed by atoms with Crippen LogP contribution in [0.4, 0.5) is 0 Å². The molecule has 7 nitrogen and oxygen atoms in total. The fourth-order valence-corrected chi connectivity index (χ4v) is 9.61. The van der Waals surface area contributed by atoms with E-state index in [2.05, 4.69) is 6.08 Å². The first kappa shape index (κ1) is 28.7. The third kappa shape index (κ3) is 4.60. The number of hydrogen-bond donors (Lipinski definition) is 1. The summed E-state index contributed by atoms with van der Waals surface area (Å²) in [7, 11) is 0. The van der Waals surface area contributed by atoms with Crippen molar-refractivity contribution in [1.82, 2.24) is 14.7 Å². The first-order valence-electron chi connectivity index (χ1n) is 14.9. The smallest absolute Gasteiger partial charge is 0.247 e. The van der Waals surface area contributed by atoms with E-state index in [-0.39, 0.29) is 30.4 Å². The Hall–Kier alpha value is -3.36. The highest BCUT2D eigenvalue weighted by Crippen LogP contribution is 2.66. The molecule has 2 aromatic carbocycles. The summed E-state index contributed by atoms with van der Waals surface area (Å²) in [4.78, 5) is 49.1. The van der Waals surface area contributed by atoms with Crippen molar-refractivity contribution in [2.45, 2.75) is 61.4 Å². The summed E-state index contributed by atoms with van der Waals surface area (Å²) < 4.78 is -1.60. The maximum atomic E-state index is 14.8. The number of amides is 3. The van der Waals surface area contributed by atoms with E-state index in [0.29, 0.717) is 26.1 Å². The SMILES string of the molecule is CC(C)N1CC=C[C@]23S[C@]4(C)C=CCN(Cc5ccccc5)C(=O)[C@@H]4[C@H]2C(=O)N([C@@H](CO)Cc2ccccc2)C3C1=O. The summed E-state index contributed by atoms with van der Waals surface area (Å²) >= 11 is 1.58. The second kappa shape index (κ2) is 11.0. The van der Waals surface area contributed by atoms with Crippen LogP contribution in [0, 0.1) is 11.8 Å². The number of carbonyl (C=O) groups excluding carboxylic acids is 3. The largest absolute Gasteiger partial charge is 0.394 e. The van der Waals surface area contributed by atoms with E-state index in [1.807, 2.05) is 109 Å². The number of carbonyl (C=O) groups is 3. The van der Waals surface area contributed by atoms with E-state index in [0.717, 1.165) is 11.1 Å². The molecule has 0 aliphatic carbocycles. The van der Waals surface area contributed by atoms with Crippen molar-refractivity contribution in [3.05, 3.63) is 96.1 Å². The van der Waals surface area contributed by atoms with Crippen molar-refractivity contribution in [2.24, 2.45) is 11.8 Å². The third-order valence-electron chi connectivity index (χ3n) is 9.37. The Bertz CT molecular complexity index is 1410. The average Bonchev–Trinajstić information content (AvgIpc) is 3.25. The van der Waals surface area contributed by atoms with E-state index in [1.165, 1.54) is 0 Å². The van der Waals surface area contributed by atoms with Crippen LogP contribution in [0.3, 0.4) is 0 Å². The summed E-state index contributed by atoms with van der Waals surface area (Å²) in [5.41, 5.74) is 2.01. The van der Waals surface area contributed by atoms with Crippen molar-refractivity contribution < 1.29 is 19.5 Å². The van der Waals surface area contributed by atoms with E-state index >= 15 is 0 Å². The molecule has 0 bridgehead atoms. The molecule has 0 saturated carbocycles. The normalized spacial score (nSPS) is 31.2. The predicted molar refractivity (Wildman–Crippen MR) is 164 cm³/mol. The van der Waals surface area contributed by atoms with Gasteiger partial charge >= 0.3 is 0 Å². The molecular weight excluding hydrogens is 546 g/mol. The Balaban J connectivity index is 1.45. The van der Waals surface area contributed by atoms with Crippen molar-refractivity contribution in [2.75, 3.05) is 19.7 Å². The highest BCUT2D eigenvalue weighted by molar-refractivity contribution is 8.02. The number of aliphatic hydroxyl groups is 1. The Morgan fingerprint density at radius 1 is 0.857 bits per heavy atom. The van der Waals surface area contributed by atoms with Gasteiger partial charge in [-0.3, -0.25) is 14.4 Å². The average molecular weight is 586 g/mol. The van der Waals surface area contributed by atoms with Crippen LogP contribution < -0.4 is 0 Å². The molecule has 6 rings (SSSR count). The van der Waals surface area contributed by atoms with Crippen LogP contribution in [-0.4, -0.2) is 84.8 Å². The summed E-state index contributed by atoms with van der Waals surface area (Å²) in [6.07, 6.45) is 8.60. The molecule has 4 heterocycles.